The van der Waals surface area contributed by atoms with Gasteiger partial charge in [-0.1, -0.05) is 0 Å². The van der Waals surface area contributed by atoms with Crippen molar-refractivity contribution in [1.82, 2.24) is 0 Å². The molecular formula is C54H70N2O14+2. The van der Waals surface area contributed by atoms with E-state index < -0.39 is 11.9 Å². The first-order valence-electron chi connectivity index (χ1n) is 23.4. The van der Waals surface area contributed by atoms with Crippen molar-refractivity contribution in [2.24, 2.45) is 0 Å². The smallest absolute Gasteiger partial charge is 0.384 e. The van der Waals surface area contributed by atoms with E-state index in [1.54, 1.807) is 71.1 Å². The SMILES string of the molecule is COc1cc2c(cc1OC)C(Cc1cc(OC)c(OC)c(OC)c1)[N+](C)(CCCOC(=O)C#CC(=O)OCCC[N+]1(C)CCc3cc(OC)c(OC)cc3C1Cc1cc(OC)c(OC)c(OC)c1)CC2. The van der Waals surface area contributed by atoms with E-state index in [9.17, 15) is 9.59 Å². The van der Waals surface area contributed by atoms with E-state index in [1.165, 1.54) is 11.1 Å². The summed E-state index contributed by atoms with van der Waals surface area (Å²) in [5, 5.41) is 0. The normalized spacial score (nSPS) is 18.9. The number of fused-ring (bicyclic) bond motifs is 2. The molecule has 0 saturated carbocycles. The third kappa shape index (κ3) is 11.7. The van der Waals surface area contributed by atoms with Crippen molar-refractivity contribution >= 4 is 11.9 Å². The van der Waals surface area contributed by atoms with E-state index >= 15 is 0 Å². The van der Waals surface area contributed by atoms with Crippen LogP contribution in [-0.2, 0) is 44.7 Å². The van der Waals surface area contributed by atoms with Gasteiger partial charge in [0.05, 0.1) is 125 Å². The first-order valence-corrected chi connectivity index (χ1v) is 23.4. The van der Waals surface area contributed by atoms with Crippen LogP contribution in [0.4, 0.5) is 0 Å². The van der Waals surface area contributed by atoms with Gasteiger partial charge in [0.2, 0.25) is 11.5 Å². The van der Waals surface area contributed by atoms with E-state index in [0.717, 1.165) is 48.2 Å². The molecule has 0 aromatic heterocycles. The molecule has 0 fully saturated rings. The minimum absolute atomic E-state index is 0.00728. The summed E-state index contributed by atoms with van der Waals surface area (Å²) in [6, 6.07) is 16.2. The minimum Gasteiger partial charge on any atom is -0.493 e. The molecule has 16 nitrogen and oxygen atoms in total. The molecule has 2 aliphatic rings. The largest absolute Gasteiger partial charge is 0.493 e. The van der Waals surface area contributed by atoms with Crippen molar-refractivity contribution in [1.29, 1.82) is 0 Å². The number of quaternary nitrogens is 2. The number of methoxy groups -OCH3 is 10. The highest BCUT2D eigenvalue weighted by molar-refractivity contribution is 5.98. The molecule has 4 aromatic carbocycles. The number of benzene rings is 4. The van der Waals surface area contributed by atoms with Crippen LogP contribution in [0.2, 0.25) is 0 Å². The van der Waals surface area contributed by atoms with Crippen LogP contribution in [0, 0.1) is 11.8 Å². The number of likely N-dealkylation sites (N-methyl/N-ethyl adjacent to an activating group) is 2. The van der Waals surface area contributed by atoms with Gasteiger partial charge in [0.1, 0.15) is 12.1 Å². The van der Waals surface area contributed by atoms with Crippen LogP contribution in [0.3, 0.4) is 0 Å². The summed E-state index contributed by atoms with van der Waals surface area (Å²) >= 11 is 0. The summed E-state index contributed by atoms with van der Waals surface area (Å²) in [6.07, 6.45) is 4.05. The average Bonchev–Trinajstić information content (AvgIpc) is 3.38. The summed E-state index contributed by atoms with van der Waals surface area (Å²) < 4.78 is 69.1. The third-order valence-corrected chi connectivity index (χ3v) is 14.0. The van der Waals surface area contributed by atoms with Gasteiger partial charge in [-0.3, -0.25) is 0 Å². The Labute approximate surface area is 412 Å². The molecule has 70 heavy (non-hydrogen) atoms. The topological polar surface area (TPSA) is 145 Å². The van der Waals surface area contributed by atoms with Crippen LogP contribution in [0.5, 0.6) is 57.5 Å². The number of carbonyl (C=O) groups excluding carboxylic acids is 2. The molecule has 16 heteroatoms. The van der Waals surface area contributed by atoms with Gasteiger partial charge in [0.25, 0.3) is 0 Å². The Morgan fingerprint density at radius 1 is 0.457 bits per heavy atom. The second kappa shape index (κ2) is 23.7. The summed E-state index contributed by atoms with van der Waals surface area (Å²) in [7, 11) is 20.6. The molecule has 378 valence electrons. The van der Waals surface area contributed by atoms with Gasteiger partial charge in [-0.25, -0.2) is 9.59 Å². The molecule has 4 unspecified atom stereocenters. The molecular weight excluding hydrogens is 901 g/mol. The predicted octanol–water partition coefficient (Wildman–Crippen LogP) is 6.92. The van der Waals surface area contributed by atoms with Gasteiger partial charge < -0.3 is 65.8 Å². The van der Waals surface area contributed by atoms with Crippen molar-refractivity contribution in [3.05, 3.63) is 81.9 Å². The Morgan fingerprint density at radius 2 is 0.771 bits per heavy atom. The molecule has 4 atom stereocenters. The van der Waals surface area contributed by atoms with Crippen LogP contribution >= 0.6 is 0 Å². The Morgan fingerprint density at radius 3 is 1.07 bits per heavy atom. The highest BCUT2D eigenvalue weighted by atomic mass is 16.6. The summed E-state index contributed by atoms with van der Waals surface area (Å²) in [5.41, 5.74) is 6.68. The van der Waals surface area contributed by atoms with Crippen LogP contribution < -0.4 is 47.4 Å². The molecule has 0 spiro atoms. The predicted molar refractivity (Wildman–Crippen MR) is 262 cm³/mol. The van der Waals surface area contributed by atoms with Gasteiger partial charge >= 0.3 is 11.9 Å². The minimum atomic E-state index is -0.791. The molecule has 4 aromatic rings. The number of rotatable bonds is 22. The zero-order valence-electron chi connectivity index (χ0n) is 42.9. The lowest BCUT2D eigenvalue weighted by Gasteiger charge is -2.46. The van der Waals surface area contributed by atoms with Crippen molar-refractivity contribution in [3.63, 3.8) is 0 Å². The monoisotopic (exact) mass is 970 g/mol. The van der Waals surface area contributed by atoms with Crippen molar-refractivity contribution in [3.8, 4) is 69.3 Å². The zero-order chi connectivity index (χ0) is 50.6. The summed E-state index contributed by atoms with van der Waals surface area (Å²) in [5.74, 6) is 9.10. The fraction of sp³-hybridized carbons (Fsp3) is 0.481. The lowest BCUT2D eigenvalue weighted by Crippen LogP contribution is -2.52. The number of esters is 2. The van der Waals surface area contributed by atoms with Gasteiger partial charge in [-0.05, 0) is 70.8 Å². The number of nitrogens with zero attached hydrogens (tertiary/aromatic N) is 2. The highest BCUT2D eigenvalue weighted by Gasteiger charge is 2.42. The van der Waals surface area contributed by atoms with Crippen LogP contribution in [0.15, 0.2) is 48.5 Å². The molecule has 2 heterocycles. The molecule has 0 radical (unpaired) electrons. The van der Waals surface area contributed by atoms with Gasteiger partial charge in [-0.15, -0.1) is 0 Å². The number of hydrogen-bond acceptors (Lipinski definition) is 14. The highest BCUT2D eigenvalue weighted by Crippen LogP contribution is 2.47. The Balaban J connectivity index is 1.08. The average molecular weight is 971 g/mol. The molecule has 0 bridgehead atoms. The van der Waals surface area contributed by atoms with Gasteiger partial charge in [0.15, 0.2) is 46.0 Å². The number of hydrogen-bond donors (Lipinski definition) is 0. The van der Waals surface area contributed by atoms with Crippen molar-refractivity contribution in [2.75, 3.05) is 125 Å². The molecule has 2 aliphatic heterocycles. The van der Waals surface area contributed by atoms with Crippen LogP contribution in [0.1, 0.15) is 58.3 Å². The van der Waals surface area contributed by atoms with Crippen LogP contribution in [-0.4, -0.2) is 145 Å². The fourth-order valence-corrected chi connectivity index (χ4v) is 10.2. The lowest BCUT2D eigenvalue weighted by molar-refractivity contribution is -0.941. The first kappa shape index (κ1) is 52.7. The zero-order valence-corrected chi connectivity index (χ0v) is 42.9. The number of ether oxygens (including phenoxy) is 12. The Hall–Kier alpha value is -6.70. The molecule has 0 aliphatic carbocycles. The molecule has 6 rings (SSSR count). The van der Waals surface area contributed by atoms with Gasteiger partial charge in [0, 0.05) is 61.5 Å². The van der Waals surface area contributed by atoms with Gasteiger partial charge in [-0.2, -0.15) is 0 Å². The maximum Gasteiger partial charge on any atom is 0.384 e. The van der Waals surface area contributed by atoms with E-state index in [1.807, 2.05) is 24.3 Å². The maximum absolute atomic E-state index is 12.8. The van der Waals surface area contributed by atoms with E-state index in [0.29, 0.717) is 105 Å². The van der Waals surface area contributed by atoms with E-state index in [4.69, 9.17) is 56.8 Å². The van der Waals surface area contributed by atoms with E-state index in [2.05, 4.69) is 50.2 Å². The lowest BCUT2D eigenvalue weighted by atomic mass is 9.86. The van der Waals surface area contributed by atoms with Crippen molar-refractivity contribution < 1.29 is 75.4 Å². The maximum atomic E-state index is 12.8. The molecule has 0 amide bonds. The number of carbonyl (C=O) groups is 2. The summed E-state index contributed by atoms with van der Waals surface area (Å²) in [4.78, 5) is 25.6. The van der Waals surface area contributed by atoms with Crippen molar-refractivity contribution in [2.45, 2.75) is 50.6 Å². The quantitative estimate of drug-likeness (QED) is 0.0264. The third-order valence-electron chi connectivity index (χ3n) is 14.0. The second-order valence-electron chi connectivity index (χ2n) is 17.9. The Bertz CT molecular complexity index is 2330. The second-order valence-corrected chi connectivity index (χ2v) is 17.9. The fourth-order valence-electron chi connectivity index (χ4n) is 10.2. The van der Waals surface area contributed by atoms with E-state index in [-0.39, 0.29) is 25.3 Å². The first-order chi connectivity index (χ1) is 33.7. The molecule has 0 N–H and O–H groups in total. The molecule has 0 saturated heterocycles. The van der Waals surface area contributed by atoms with Crippen LogP contribution in [0.25, 0.3) is 0 Å². The standard InChI is InChI=1S/C54H70N2O14/c1-55(21-17-37-31-43(59-3)45(61-5)33-39(37)41(55)25-35-27-47(63-7)53(67-11)48(28-35)64-8)19-13-23-69-51(57)15-16-52(58)70-24-14-20-56(2)22-18-38-32-44(60-4)46(62-6)34-40(38)42(56)26-36-29-49(65-9)54(68-12)50(30-36)66-10/h27-34,41-42H,13-14,17-26H2,1-12H3/q+2. The summed E-state index contributed by atoms with van der Waals surface area (Å²) in [6.45, 7) is 3.31. The Kier molecular flexibility index (Phi) is 17.9.